The number of carbonyl (C=O) groups excluding carboxylic acids is 1. The van der Waals surface area contributed by atoms with Gasteiger partial charge in [0, 0.05) is 18.9 Å². The smallest absolute Gasteiger partial charge is 0.317 e. The number of hydrogen-bond donors (Lipinski definition) is 1. The van der Waals surface area contributed by atoms with Crippen molar-refractivity contribution in [2.45, 2.75) is 18.9 Å². The molecule has 2 heterocycles. The number of para-hydroxylation sites is 1. The lowest BCUT2D eigenvalue weighted by Gasteiger charge is -2.25. The Morgan fingerprint density at radius 3 is 2.55 bits per heavy atom. The minimum absolute atomic E-state index is 0.0992. The predicted octanol–water partition coefficient (Wildman–Crippen LogP) is 3.73. The lowest BCUT2D eigenvalue weighted by atomic mass is 10.1. The van der Waals surface area contributed by atoms with Crippen LogP contribution in [0.1, 0.15) is 24.4 Å². The molecule has 1 aliphatic heterocycles. The third-order valence-electron chi connectivity index (χ3n) is 3.80. The van der Waals surface area contributed by atoms with Gasteiger partial charge in [0.15, 0.2) is 0 Å². The fourth-order valence-corrected chi connectivity index (χ4v) is 2.74. The Hall–Kier alpha value is -2.50. The van der Waals surface area contributed by atoms with Gasteiger partial charge in [0.1, 0.15) is 17.3 Å². The zero-order valence-electron chi connectivity index (χ0n) is 11.8. The molecule has 2 aromatic rings. The fourth-order valence-electron chi connectivity index (χ4n) is 2.74. The van der Waals surface area contributed by atoms with E-state index in [4.69, 9.17) is 0 Å². The van der Waals surface area contributed by atoms with Gasteiger partial charge in [-0.05, 0) is 42.7 Å². The normalized spacial score (nSPS) is 17.5. The Morgan fingerprint density at radius 2 is 1.86 bits per heavy atom. The minimum Gasteiger partial charge on any atom is -0.317 e. The van der Waals surface area contributed by atoms with Crippen LogP contribution in [-0.2, 0) is 0 Å². The lowest BCUT2D eigenvalue weighted by Crippen LogP contribution is -2.35. The number of nitrogens with one attached hydrogen (secondary N) is 1. The summed E-state index contributed by atoms with van der Waals surface area (Å²) in [5, 5.41) is 2.34. The van der Waals surface area contributed by atoms with Crippen LogP contribution in [-0.4, -0.2) is 22.5 Å². The van der Waals surface area contributed by atoms with Crippen LogP contribution in [0.3, 0.4) is 0 Å². The first-order chi connectivity index (χ1) is 10.7. The molecule has 1 N–H and O–H groups in total. The second-order valence-electron chi connectivity index (χ2n) is 5.16. The largest absolute Gasteiger partial charge is 0.322 e. The first-order valence-corrected chi connectivity index (χ1v) is 7.08. The van der Waals surface area contributed by atoms with Crippen LogP contribution in [0.2, 0.25) is 0 Å². The molecule has 22 heavy (non-hydrogen) atoms. The van der Waals surface area contributed by atoms with Crippen LogP contribution in [0.5, 0.6) is 0 Å². The number of hydrogen-bond acceptors (Lipinski definition) is 2. The number of urea groups is 1. The average Bonchev–Trinajstić information content (AvgIpc) is 3.01. The maximum Gasteiger partial charge on any atom is 0.322 e. The van der Waals surface area contributed by atoms with E-state index in [-0.39, 0.29) is 6.04 Å². The first-order valence-electron chi connectivity index (χ1n) is 7.08. The second kappa shape index (κ2) is 6.09. The van der Waals surface area contributed by atoms with Gasteiger partial charge < -0.3 is 10.2 Å². The average molecular weight is 303 g/mol. The van der Waals surface area contributed by atoms with Crippen molar-refractivity contribution in [1.82, 2.24) is 9.88 Å². The van der Waals surface area contributed by atoms with Gasteiger partial charge >= 0.3 is 6.03 Å². The third kappa shape index (κ3) is 2.77. The van der Waals surface area contributed by atoms with Gasteiger partial charge in [-0.1, -0.05) is 6.07 Å². The third-order valence-corrected chi connectivity index (χ3v) is 3.80. The van der Waals surface area contributed by atoms with Crippen molar-refractivity contribution < 1.29 is 13.6 Å². The highest BCUT2D eigenvalue weighted by atomic mass is 19.1. The van der Waals surface area contributed by atoms with Gasteiger partial charge in [-0.2, -0.15) is 0 Å². The molecule has 3 rings (SSSR count). The van der Waals surface area contributed by atoms with Gasteiger partial charge in [-0.15, -0.1) is 0 Å². The molecule has 1 aromatic heterocycles. The Bertz CT molecular complexity index is 658. The summed E-state index contributed by atoms with van der Waals surface area (Å²) in [5.41, 5.74) is 0.560. The van der Waals surface area contributed by atoms with Crippen LogP contribution in [0, 0.1) is 11.6 Å². The van der Waals surface area contributed by atoms with Crippen molar-refractivity contribution >= 4 is 11.7 Å². The highest BCUT2D eigenvalue weighted by molar-refractivity contribution is 5.90. The highest BCUT2D eigenvalue weighted by Crippen LogP contribution is 2.32. The number of nitrogens with zero attached hydrogens (tertiary/aromatic N) is 2. The maximum absolute atomic E-state index is 13.6. The number of anilines is 1. The second-order valence-corrected chi connectivity index (χ2v) is 5.16. The monoisotopic (exact) mass is 303 g/mol. The molecule has 1 saturated heterocycles. The Balaban J connectivity index is 1.80. The first kappa shape index (κ1) is 14.4. The van der Waals surface area contributed by atoms with Crippen LogP contribution < -0.4 is 5.32 Å². The molecule has 114 valence electrons. The summed E-state index contributed by atoms with van der Waals surface area (Å²) < 4.78 is 27.3. The van der Waals surface area contributed by atoms with Gasteiger partial charge in [0.2, 0.25) is 0 Å². The van der Waals surface area contributed by atoms with Gasteiger partial charge in [-0.25, -0.2) is 13.6 Å². The summed E-state index contributed by atoms with van der Waals surface area (Å²) in [5.74, 6) is -1.57. The number of aromatic nitrogens is 1. The van der Waals surface area contributed by atoms with E-state index in [1.165, 1.54) is 6.07 Å². The van der Waals surface area contributed by atoms with Crippen LogP contribution in [0.4, 0.5) is 19.3 Å². The molecule has 1 atom stereocenters. The van der Waals surface area contributed by atoms with Gasteiger partial charge in [0.05, 0.1) is 6.04 Å². The molecular weight excluding hydrogens is 288 g/mol. The van der Waals surface area contributed by atoms with Gasteiger partial charge in [-0.3, -0.25) is 4.98 Å². The molecule has 0 radical (unpaired) electrons. The summed E-state index contributed by atoms with van der Waals surface area (Å²) in [6, 6.07) is 6.59. The van der Waals surface area contributed by atoms with E-state index in [0.717, 1.165) is 30.5 Å². The molecule has 1 aromatic carbocycles. The van der Waals surface area contributed by atoms with Gasteiger partial charge in [0.25, 0.3) is 0 Å². The quantitative estimate of drug-likeness (QED) is 0.919. The number of amides is 2. The molecule has 6 heteroatoms. The van der Waals surface area contributed by atoms with E-state index in [0.29, 0.717) is 6.54 Å². The molecule has 2 amide bonds. The number of benzene rings is 1. The molecule has 0 aliphatic carbocycles. The summed E-state index contributed by atoms with van der Waals surface area (Å²) >= 11 is 0. The maximum atomic E-state index is 13.6. The fraction of sp³-hybridized carbons (Fsp3) is 0.250. The van der Waals surface area contributed by atoms with E-state index in [1.54, 1.807) is 17.3 Å². The van der Waals surface area contributed by atoms with Crippen molar-refractivity contribution in [1.29, 1.82) is 0 Å². The van der Waals surface area contributed by atoms with Crippen molar-refractivity contribution in [3.05, 3.63) is 59.9 Å². The Morgan fingerprint density at radius 1 is 1.18 bits per heavy atom. The van der Waals surface area contributed by atoms with Crippen molar-refractivity contribution in [2.24, 2.45) is 0 Å². The molecule has 1 fully saturated rings. The van der Waals surface area contributed by atoms with E-state index in [9.17, 15) is 13.6 Å². The Kier molecular flexibility index (Phi) is 4.00. The highest BCUT2D eigenvalue weighted by Gasteiger charge is 2.30. The zero-order valence-corrected chi connectivity index (χ0v) is 11.8. The van der Waals surface area contributed by atoms with Crippen molar-refractivity contribution in [2.75, 3.05) is 11.9 Å². The number of halogens is 2. The summed E-state index contributed by atoms with van der Waals surface area (Å²) in [6.07, 6.45) is 5.00. The summed E-state index contributed by atoms with van der Waals surface area (Å²) in [7, 11) is 0. The molecule has 0 bridgehead atoms. The topological polar surface area (TPSA) is 45.2 Å². The SMILES string of the molecule is O=C(Nc1c(F)cccc1F)N1CCCC1c1ccncc1. The summed E-state index contributed by atoms with van der Waals surface area (Å²) in [4.78, 5) is 17.9. The molecule has 0 spiro atoms. The van der Waals surface area contributed by atoms with E-state index < -0.39 is 23.4 Å². The number of pyridine rings is 1. The standard InChI is InChI=1S/C16H15F2N3O/c17-12-3-1-4-13(18)15(12)20-16(22)21-10-2-5-14(21)11-6-8-19-9-7-11/h1,3-4,6-9,14H,2,5,10H2,(H,20,22). The number of carbonyl (C=O) groups is 1. The van der Waals surface area contributed by atoms with E-state index in [2.05, 4.69) is 10.3 Å². The Labute approximate surface area is 126 Å². The predicted molar refractivity (Wildman–Crippen MR) is 78.3 cm³/mol. The minimum atomic E-state index is -0.784. The van der Waals surface area contributed by atoms with E-state index >= 15 is 0 Å². The lowest BCUT2D eigenvalue weighted by molar-refractivity contribution is 0.207. The molecule has 1 aliphatic rings. The van der Waals surface area contributed by atoms with Crippen molar-refractivity contribution in [3.63, 3.8) is 0 Å². The van der Waals surface area contributed by atoms with Crippen LogP contribution in [0.25, 0.3) is 0 Å². The number of likely N-dealkylation sites (tertiary alicyclic amines) is 1. The molecule has 1 unspecified atom stereocenters. The molecule has 0 saturated carbocycles. The van der Waals surface area contributed by atoms with Crippen LogP contribution >= 0.6 is 0 Å². The number of rotatable bonds is 2. The molecular formula is C16H15F2N3O. The molecule has 4 nitrogen and oxygen atoms in total. The van der Waals surface area contributed by atoms with Crippen LogP contribution in [0.15, 0.2) is 42.7 Å². The zero-order chi connectivity index (χ0) is 15.5. The van der Waals surface area contributed by atoms with Crippen molar-refractivity contribution in [3.8, 4) is 0 Å². The summed E-state index contributed by atoms with van der Waals surface area (Å²) in [6.45, 7) is 0.550. The van der Waals surface area contributed by atoms with E-state index in [1.807, 2.05) is 12.1 Å².